The number of hydrogen-bond acceptors (Lipinski definition) is 2. The minimum atomic E-state index is 0.365. The summed E-state index contributed by atoms with van der Waals surface area (Å²) in [6.45, 7) is 8.20. The molecule has 1 unspecified atom stereocenters. The van der Waals surface area contributed by atoms with E-state index in [9.17, 15) is 0 Å². The van der Waals surface area contributed by atoms with Crippen LogP contribution >= 0.6 is 0 Å². The van der Waals surface area contributed by atoms with Gasteiger partial charge in [-0.15, -0.1) is 0 Å². The van der Waals surface area contributed by atoms with E-state index in [1.54, 1.807) is 0 Å². The normalized spacial score (nSPS) is 16.4. The van der Waals surface area contributed by atoms with Gasteiger partial charge in [-0.25, -0.2) is 0 Å². The highest BCUT2D eigenvalue weighted by Crippen LogP contribution is 2.50. The minimum absolute atomic E-state index is 0.365. The van der Waals surface area contributed by atoms with Crippen molar-refractivity contribution in [2.45, 2.75) is 12.3 Å². The molecule has 0 fully saturated rings. The predicted octanol–water partition coefficient (Wildman–Crippen LogP) is 8.47. The van der Waals surface area contributed by atoms with Crippen molar-refractivity contribution in [2.75, 3.05) is 5.32 Å². The summed E-state index contributed by atoms with van der Waals surface area (Å²) in [6, 6.07) is 19.0. The zero-order valence-electron chi connectivity index (χ0n) is 18.1. The van der Waals surface area contributed by atoms with E-state index in [-0.39, 0.29) is 0 Å². The molecule has 0 saturated carbocycles. The number of hydrogen-bond donors (Lipinski definition) is 1. The van der Waals surface area contributed by atoms with Crippen LogP contribution in [-0.4, -0.2) is 4.57 Å². The van der Waals surface area contributed by atoms with Gasteiger partial charge in [0.15, 0.2) is 0 Å². The Kier molecular flexibility index (Phi) is 3.68. The van der Waals surface area contributed by atoms with Crippen LogP contribution in [0.15, 0.2) is 90.4 Å². The van der Waals surface area contributed by atoms with Crippen molar-refractivity contribution in [3.05, 3.63) is 103 Å². The van der Waals surface area contributed by atoms with Gasteiger partial charge in [0.2, 0.25) is 0 Å². The Morgan fingerprint density at radius 1 is 0.909 bits per heavy atom. The summed E-state index contributed by atoms with van der Waals surface area (Å²) in [6.07, 6.45) is 11.6. The number of fused-ring (bicyclic) bond motifs is 6. The van der Waals surface area contributed by atoms with Crippen molar-refractivity contribution in [2.24, 2.45) is 0 Å². The summed E-state index contributed by atoms with van der Waals surface area (Å²) in [5.41, 5.74) is 10.1. The third-order valence-corrected chi connectivity index (χ3v) is 7.00. The Balaban J connectivity index is 1.39. The number of benzene rings is 3. The second kappa shape index (κ2) is 6.63. The fourth-order valence-electron chi connectivity index (χ4n) is 5.62. The van der Waals surface area contributed by atoms with Crippen molar-refractivity contribution in [3.8, 4) is 0 Å². The molecule has 33 heavy (non-hydrogen) atoms. The molecular weight excluding hydrogens is 404 g/mol. The molecule has 158 valence electrons. The minimum Gasteiger partial charge on any atom is -0.456 e. The zero-order chi connectivity index (χ0) is 22.1. The monoisotopic (exact) mass is 426 g/mol. The van der Waals surface area contributed by atoms with Crippen molar-refractivity contribution in [1.82, 2.24) is 4.57 Å². The Morgan fingerprint density at radius 2 is 1.79 bits per heavy atom. The van der Waals surface area contributed by atoms with Gasteiger partial charge in [0.05, 0.1) is 11.2 Å². The fourth-order valence-corrected chi connectivity index (χ4v) is 5.62. The molecule has 0 saturated heterocycles. The molecule has 3 heterocycles. The molecule has 3 nitrogen and oxygen atoms in total. The van der Waals surface area contributed by atoms with Gasteiger partial charge in [-0.3, -0.25) is 0 Å². The standard InChI is InChI=1S/C30H22N2O/c1-3-20-24-15-19(16-25-21-9-5-7-11-27(21)32(30(24)25)26(20)4-2)31-18-13-14-23-22-10-6-8-12-28(22)33-29(23)17-18/h3-8,10-17,21,31H,1-2,9H2. The molecule has 3 aromatic carbocycles. The maximum absolute atomic E-state index is 6.10. The molecule has 2 aliphatic rings. The fraction of sp³-hybridized carbons (Fsp3) is 0.0667. The predicted molar refractivity (Wildman–Crippen MR) is 140 cm³/mol. The highest BCUT2D eigenvalue weighted by Gasteiger charge is 2.33. The van der Waals surface area contributed by atoms with Gasteiger partial charge >= 0.3 is 0 Å². The van der Waals surface area contributed by atoms with Crippen LogP contribution in [0.2, 0.25) is 0 Å². The smallest absolute Gasteiger partial charge is 0.137 e. The SMILES string of the molecule is C=Cc1c(C=C)n2c3c(cc(Nc4ccc5c(c4)oc4ccccc45)cc13)C1CC=CC=C12. The molecule has 0 bridgehead atoms. The Labute approximate surface area is 191 Å². The quantitative estimate of drug-likeness (QED) is 0.312. The summed E-state index contributed by atoms with van der Waals surface area (Å²) in [4.78, 5) is 0. The van der Waals surface area contributed by atoms with Gasteiger partial charge in [-0.1, -0.05) is 49.6 Å². The van der Waals surface area contributed by atoms with E-state index in [2.05, 4.69) is 77.7 Å². The van der Waals surface area contributed by atoms with E-state index in [0.717, 1.165) is 51.0 Å². The lowest BCUT2D eigenvalue weighted by molar-refractivity contribution is 0.669. The molecule has 1 N–H and O–H groups in total. The molecule has 7 rings (SSSR count). The van der Waals surface area contributed by atoms with E-state index in [1.165, 1.54) is 22.2 Å². The lowest BCUT2D eigenvalue weighted by atomic mass is 9.90. The van der Waals surface area contributed by atoms with Crippen molar-refractivity contribution >= 4 is 62.1 Å². The molecule has 1 aliphatic heterocycles. The van der Waals surface area contributed by atoms with E-state index in [1.807, 2.05) is 30.4 Å². The number of aromatic nitrogens is 1. The number of anilines is 2. The van der Waals surface area contributed by atoms with Gasteiger partial charge in [-0.05, 0) is 54.5 Å². The lowest BCUT2D eigenvalue weighted by Crippen LogP contribution is -2.03. The number of furan rings is 1. The van der Waals surface area contributed by atoms with E-state index >= 15 is 0 Å². The highest BCUT2D eigenvalue weighted by atomic mass is 16.3. The van der Waals surface area contributed by atoms with Crippen LogP contribution < -0.4 is 5.32 Å². The molecule has 3 heteroatoms. The van der Waals surface area contributed by atoms with Gasteiger partial charge < -0.3 is 14.3 Å². The van der Waals surface area contributed by atoms with Gasteiger partial charge in [0.1, 0.15) is 11.2 Å². The van der Waals surface area contributed by atoms with E-state index < -0.39 is 0 Å². The molecule has 0 amide bonds. The van der Waals surface area contributed by atoms with E-state index in [0.29, 0.717) is 5.92 Å². The van der Waals surface area contributed by atoms with Crippen LogP contribution in [0.4, 0.5) is 11.4 Å². The first-order valence-electron chi connectivity index (χ1n) is 11.3. The maximum Gasteiger partial charge on any atom is 0.137 e. The number of rotatable bonds is 4. The maximum atomic E-state index is 6.10. The summed E-state index contributed by atoms with van der Waals surface area (Å²) < 4.78 is 8.46. The number of nitrogens with zero attached hydrogens (tertiary/aromatic N) is 1. The third-order valence-electron chi connectivity index (χ3n) is 7.00. The number of nitrogens with one attached hydrogen (secondary N) is 1. The topological polar surface area (TPSA) is 30.1 Å². The highest BCUT2D eigenvalue weighted by molar-refractivity contribution is 6.06. The van der Waals surface area contributed by atoms with Crippen LogP contribution in [0.25, 0.3) is 50.7 Å². The molecule has 0 spiro atoms. The van der Waals surface area contributed by atoms with Crippen molar-refractivity contribution in [3.63, 3.8) is 0 Å². The first-order chi connectivity index (χ1) is 16.3. The molecule has 1 atom stereocenters. The van der Waals surface area contributed by atoms with Crippen molar-refractivity contribution in [1.29, 1.82) is 0 Å². The average Bonchev–Trinajstić information content (AvgIpc) is 3.48. The van der Waals surface area contributed by atoms with Gasteiger partial charge in [-0.2, -0.15) is 0 Å². The van der Waals surface area contributed by atoms with Crippen LogP contribution in [0.5, 0.6) is 0 Å². The van der Waals surface area contributed by atoms with Crippen LogP contribution in [-0.2, 0) is 0 Å². The number of para-hydroxylation sites is 1. The summed E-state index contributed by atoms with van der Waals surface area (Å²) >= 11 is 0. The second-order valence-electron chi connectivity index (χ2n) is 8.75. The van der Waals surface area contributed by atoms with Crippen molar-refractivity contribution < 1.29 is 4.42 Å². The third kappa shape index (κ3) is 2.45. The first-order valence-corrected chi connectivity index (χ1v) is 11.3. The molecule has 5 aromatic rings. The Hall–Kier alpha value is -4.24. The molecular formula is C30H22N2O. The Bertz CT molecular complexity index is 1710. The average molecular weight is 427 g/mol. The largest absolute Gasteiger partial charge is 0.456 e. The zero-order valence-corrected chi connectivity index (χ0v) is 18.1. The lowest BCUT2D eigenvalue weighted by Gasteiger charge is -2.18. The van der Waals surface area contributed by atoms with Crippen LogP contribution in [0, 0.1) is 0 Å². The number of allylic oxidation sites excluding steroid dienone is 4. The summed E-state index contributed by atoms with van der Waals surface area (Å²) in [7, 11) is 0. The first kappa shape index (κ1) is 18.3. The van der Waals surface area contributed by atoms with Gasteiger partial charge in [0, 0.05) is 50.8 Å². The molecule has 1 aliphatic carbocycles. The van der Waals surface area contributed by atoms with Crippen LogP contribution in [0.3, 0.4) is 0 Å². The van der Waals surface area contributed by atoms with E-state index in [4.69, 9.17) is 4.42 Å². The second-order valence-corrected chi connectivity index (χ2v) is 8.75. The van der Waals surface area contributed by atoms with Crippen LogP contribution in [0.1, 0.15) is 29.2 Å². The molecule has 0 radical (unpaired) electrons. The summed E-state index contributed by atoms with van der Waals surface area (Å²) in [5.74, 6) is 0.365. The summed E-state index contributed by atoms with van der Waals surface area (Å²) in [5, 5.41) is 7.13. The molecule has 2 aromatic heterocycles. The van der Waals surface area contributed by atoms with Gasteiger partial charge in [0.25, 0.3) is 0 Å². The Morgan fingerprint density at radius 3 is 2.67 bits per heavy atom.